The Balaban J connectivity index is 2.19. The summed E-state index contributed by atoms with van der Waals surface area (Å²) in [6, 6.07) is 13.2. The molecule has 0 radical (unpaired) electrons. The van der Waals surface area contributed by atoms with Gasteiger partial charge in [0.2, 0.25) is 0 Å². The Labute approximate surface area is 147 Å². The van der Waals surface area contributed by atoms with Crippen molar-refractivity contribution in [3.8, 4) is 6.07 Å². The van der Waals surface area contributed by atoms with E-state index in [1.807, 2.05) is 24.3 Å². The van der Waals surface area contributed by atoms with Gasteiger partial charge in [0.1, 0.15) is 16.5 Å². The highest BCUT2D eigenvalue weighted by molar-refractivity contribution is 7.71. The molecule has 5 nitrogen and oxygen atoms in total. The number of nitriles is 1. The zero-order valence-electron chi connectivity index (χ0n) is 13.7. The van der Waals surface area contributed by atoms with Gasteiger partial charge in [-0.1, -0.05) is 43.9 Å². The Morgan fingerprint density at radius 3 is 2.79 bits per heavy atom. The van der Waals surface area contributed by atoms with E-state index in [1.54, 1.807) is 12.1 Å². The molecule has 0 aliphatic carbocycles. The van der Waals surface area contributed by atoms with Gasteiger partial charge in [-0.15, -0.1) is 0 Å². The summed E-state index contributed by atoms with van der Waals surface area (Å²) in [6.45, 7) is 7.60. The second-order valence-electron chi connectivity index (χ2n) is 5.36. The van der Waals surface area contributed by atoms with Gasteiger partial charge in [-0.25, -0.2) is 0 Å². The Hall–Kier alpha value is -2.78. The molecule has 6 heteroatoms. The minimum atomic E-state index is 0.491. The molecule has 0 bridgehead atoms. The van der Waals surface area contributed by atoms with Crippen LogP contribution in [-0.4, -0.2) is 23.1 Å². The molecular formula is C18H21N5S. The zero-order chi connectivity index (χ0) is 17.5. The number of nitrogens with zero attached hydrogens (tertiary/aromatic N) is 2. The summed E-state index contributed by atoms with van der Waals surface area (Å²) in [5.74, 6) is 0.611. The van der Waals surface area contributed by atoms with Crippen molar-refractivity contribution in [1.29, 1.82) is 5.26 Å². The number of anilines is 2. The fraction of sp³-hybridized carbons (Fsp3) is 0.222. The molecule has 4 N–H and O–H groups in total. The highest BCUT2D eigenvalue weighted by Gasteiger charge is 2.12. The lowest BCUT2D eigenvalue weighted by atomic mass is 10.1. The van der Waals surface area contributed by atoms with Crippen LogP contribution in [0.15, 0.2) is 43.0 Å². The predicted octanol–water partition coefficient (Wildman–Crippen LogP) is 3.95. The second kappa shape index (κ2) is 8.18. The number of nitrogen functional groups attached to an aromatic ring is 1. The summed E-state index contributed by atoms with van der Waals surface area (Å²) in [5.41, 5.74) is 9.02. The number of H-pyrrole nitrogens is 1. The Kier molecular flexibility index (Phi) is 5.99. The number of aromatic amines is 1. The lowest BCUT2D eigenvalue weighted by Gasteiger charge is -2.28. The van der Waals surface area contributed by atoms with Crippen LogP contribution >= 0.6 is 12.2 Å². The maximum Gasteiger partial charge on any atom is 0.123 e. The summed E-state index contributed by atoms with van der Waals surface area (Å²) in [7, 11) is 0. The van der Waals surface area contributed by atoms with E-state index in [4.69, 9.17) is 18.0 Å². The lowest BCUT2D eigenvalue weighted by Crippen LogP contribution is -2.29. The van der Waals surface area contributed by atoms with Gasteiger partial charge in [-0.3, -0.25) is 0 Å². The van der Waals surface area contributed by atoms with Crippen molar-refractivity contribution < 1.29 is 0 Å². The minimum Gasteiger partial charge on any atom is -0.398 e. The quantitative estimate of drug-likeness (QED) is 0.404. The first-order valence-electron chi connectivity index (χ1n) is 7.72. The van der Waals surface area contributed by atoms with E-state index in [2.05, 4.69) is 34.8 Å². The Morgan fingerprint density at radius 2 is 2.12 bits per heavy atom. The van der Waals surface area contributed by atoms with Crippen molar-refractivity contribution in [2.24, 2.45) is 0 Å². The van der Waals surface area contributed by atoms with Crippen LogP contribution < -0.4 is 11.1 Å². The SMILES string of the molecule is C=C(c1ccccc1N)N(CCC)CNc1[nH]c(=S)ccc1C#N. The molecule has 0 unspecified atom stereocenters. The number of para-hydroxylation sites is 1. The van der Waals surface area contributed by atoms with Crippen molar-refractivity contribution in [3.05, 3.63) is 58.7 Å². The summed E-state index contributed by atoms with van der Waals surface area (Å²) in [6.07, 6.45) is 0.962. The maximum atomic E-state index is 9.21. The van der Waals surface area contributed by atoms with Gasteiger partial charge in [0.15, 0.2) is 0 Å². The fourth-order valence-electron chi connectivity index (χ4n) is 2.39. The van der Waals surface area contributed by atoms with E-state index in [1.165, 1.54) is 0 Å². The summed E-state index contributed by atoms with van der Waals surface area (Å²) in [5, 5.41) is 12.4. The van der Waals surface area contributed by atoms with E-state index in [-0.39, 0.29) is 0 Å². The molecule has 0 aliphatic heterocycles. The third kappa shape index (κ3) is 4.15. The van der Waals surface area contributed by atoms with Crippen molar-refractivity contribution >= 4 is 29.4 Å². The van der Waals surface area contributed by atoms with Gasteiger partial charge in [0, 0.05) is 23.5 Å². The molecule has 0 atom stereocenters. The molecule has 0 saturated carbocycles. The zero-order valence-corrected chi connectivity index (χ0v) is 14.5. The molecule has 0 aliphatic rings. The van der Waals surface area contributed by atoms with Crippen LogP contribution in [0.2, 0.25) is 0 Å². The Bertz CT molecular complexity index is 819. The number of pyridine rings is 1. The molecule has 124 valence electrons. The smallest absolute Gasteiger partial charge is 0.123 e. The van der Waals surface area contributed by atoms with Crippen LogP contribution in [0.1, 0.15) is 24.5 Å². The highest BCUT2D eigenvalue weighted by Crippen LogP contribution is 2.23. The highest BCUT2D eigenvalue weighted by atomic mass is 32.1. The molecule has 1 aromatic carbocycles. The fourth-order valence-corrected chi connectivity index (χ4v) is 2.56. The molecule has 1 heterocycles. The molecule has 2 aromatic rings. The largest absolute Gasteiger partial charge is 0.398 e. The van der Waals surface area contributed by atoms with E-state index in [9.17, 15) is 5.26 Å². The second-order valence-corrected chi connectivity index (χ2v) is 5.80. The van der Waals surface area contributed by atoms with Crippen molar-refractivity contribution in [2.45, 2.75) is 13.3 Å². The van der Waals surface area contributed by atoms with E-state index < -0.39 is 0 Å². The van der Waals surface area contributed by atoms with Crippen LogP contribution in [0.4, 0.5) is 11.5 Å². The van der Waals surface area contributed by atoms with Crippen LogP contribution in [0.5, 0.6) is 0 Å². The molecule has 0 spiro atoms. The van der Waals surface area contributed by atoms with E-state index in [0.717, 1.165) is 24.2 Å². The maximum absolute atomic E-state index is 9.21. The third-order valence-electron chi connectivity index (χ3n) is 3.63. The van der Waals surface area contributed by atoms with Crippen LogP contribution in [0, 0.1) is 16.0 Å². The molecule has 0 fully saturated rings. The Morgan fingerprint density at radius 1 is 1.38 bits per heavy atom. The van der Waals surface area contributed by atoms with Crippen LogP contribution in [-0.2, 0) is 0 Å². The molecule has 0 saturated heterocycles. The van der Waals surface area contributed by atoms with Crippen LogP contribution in [0.3, 0.4) is 0 Å². The number of rotatable bonds is 7. The number of nitrogens with two attached hydrogens (primary N) is 1. The average molecular weight is 339 g/mol. The molecule has 1 aromatic heterocycles. The normalized spacial score (nSPS) is 10.0. The average Bonchev–Trinajstić information content (AvgIpc) is 2.58. The first-order chi connectivity index (χ1) is 11.6. The topological polar surface area (TPSA) is 80.9 Å². The van der Waals surface area contributed by atoms with E-state index >= 15 is 0 Å². The molecule has 2 rings (SSSR count). The predicted molar refractivity (Wildman–Crippen MR) is 102 cm³/mol. The number of aromatic nitrogens is 1. The van der Waals surface area contributed by atoms with Gasteiger partial charge in [-0.05, 0) is 24.6 Å². The van der Waals surface area contributed by atoms with Crippen molar-refractivity contribution in [3.63, 3.8) is 0 Å². The van der Waals surface area contributed by atoms with Gasteiger partial charge in [-0.2, -0.15) is 5.26 Å². The van der Waals surface area contributed by atoms with Crippen molar-refractivity contribution in [2.75, 3.05) is 24.3 Å². The summed E-state index contributed by atoms with van der Waals surface area (Å²) in [4.78, 5) is 5.11. The molecule has 24 heavy (non-hydrogen) atoms. The lowest BCUT2D eigenvalue weighted by molar-refractivity contribution is 0.423. The molecule has 0 amide bonds. The third-order valence-corrected chi connectivity index (χ3v) is 3.87. The number of hydrogen-bond acceptors (Lipinski definition) is 5. The van der Waals surface area contributed by atoms with Crippen molar-refractivity contribution in [1.82, 2.24) is 9.88 Å². The monoisotopic (exact) mass is 339 g/mol. The van der Waals surface area contributed by atoms with Gasteiger partial charge in [0.25, 0.3) is 0 Å². The van der Waals surface area contributed by atoms with Gasteiger partial charge in [0.05, 0.1) is 12.2 Å². The number of hydrogen-bond donors (Lipinski definition) is 3. The summed E-state index contributed by atoms with van der Waals surface area (Å²) >= 11 is 5.13. The number of benzene rings is 1. The van der Waals surface area contributed by atoms with Gasteiger partial charge >= 0.3 is 0 Å². The first-order valence-corrected chi connectivity index (χ1v) is 8.13. The van der Waals surface area contributed by atoms with Crippen LogP contribution in [0.25, 0.3) is 5.70 Å². The first kappa shape index (κ1) is 17.6. The summed E-state index contributed by atoms with van der Waals surface area (Å²) < 4.78 is 0.574. The number of nitrogens with one attached hydrogen (secondary N) is 2. The molecular weight excluding hydrogens is 318 g/mol. The minimum absolute atomic E-state index is 0.491. The van der Waals surface area contributed by atoms with Gasteiger partial charge < -0.3 is 20.9 Å². The standard InChI is InChI=1S/C18H21N5S/c1-3-10-23(13(2)15-6-4-5-7-16(15)20)12-21-18-14(11-19)8-9-17(24)22-18/h4-9H,2-3,10,12,20H2,1H3,(H2,21,22,24). The van der Waals surface area contributed by atoms with E-state index in [0.29, 0.717) is 28.4 Å².